The highest BCUT2D eigenvalue weighted by atomic mass is 79.9. The van der Waals surface area contributed by atoms with E-state index in [0.29, 0.717) is 20.1 Å². The number of aromatic hydroxyl groups is 1. The predicted molar refractivity (Wildman–Crippen MR) is 101 cm³/mol. The van der Waals surface area contributed by atoms with Gasteiger partial charge in [-0.25, -0.2) is 4.39 Å². The van der Waals surface area contributed by atoms with Gasteiger partial charge in [-0.2, -0.15) is 0 Å². The molecule has 0 aliphatic carbocycles. The lowest BCUT2D eigenvalue weighted by atomic mass is 10.2. The maximum Gasteiger partial charge on any atom is 0.293 e. The number of amides is 2. The first-order chi connectivity index (χ1) is 11.8. The van der Waals surface area contributed by atoms with Crippen molar-refractivity contribution < 1.29 is 19.1 Å². The number of hydrogen-bond donors (Lipinski definition) is 1. The van der Waals surface area contributed by atoms with Gasteiger partial charge in [0.25, 0.3) is 11.1 Å². The second kappa shape index (κ2) is 7.31. The van der Waals surface area contributed by atoms with Crippen molar-refractivity contribution in [3.8, 4) is 5.75 Å². The van der Waals surface area contributed by atoms with Crippen molar-refractivity contribution in [2.45, 2.75) is 6.54 Å². The third-order valence-electron chi connectivity index (χ3n) is 3.46. The Hall–Kier alpha value is -1.64. The first-order valence-corrected chi connectivity index (χ1v) is 9.43. The van der Waals surface area contributed by atoms with E-state index in [4.69, 9.17) is 0 Å². The van der Waals surface area contributed by atoms with E-state index in [0.717, 1.165) is 16.7 Å². The van der Waals surface area contributed by atoms with Crippen LogP contribution < -0.4 is 0 Å². The molecule has 1 fully saturated rings. The van der Waals surface area contributed by atoms with Crippen molar-refractivity contribution in [3.63, 3.8) is 0 Å². The lowest BCUT2D eigenvalue weighted by Gasteiger charge is -2.12. The predicted octanol–water partition coefficient (Wildman–Crippen LogP) is 5.29. The van der Waals surface area contributed by atoms with Gasteiger partial charge in [-0.1, -0.05) is 12.1 Å². The molecule has 3 rings (SSSR count). The molecular weight excluding hydrogens is 477 g/mol. The lowest BCUT2D eigenvalue weighted by Crippen LogP contribution is -2.27. The molecule has 0 atom stereocenters. The molecule has 128 valence electrons. The highest BCUT2D eigenvalue weighted by Gasteiger charge is 2.35. The van der Waals surface area contributed by atoms with Gasteiger partial charge in [-0.05, 0) is 85.1 Å². The molecule has 0 radical (unpaired) electrons. The topological polar surface area (TPSA) is 57.6 Å². The fourth-order valence-electron chi connectivity index (χ4n) is 2.23. The molecule has 0 unspecified atom stereocenters. The molecule has 2 aromatic rings. The zero-order valence-electron chi connectivity index (χ0n) is 12.5. The van der Waals surface area contributed by atoms with Gasteiger partial charge in [-0.15, -0.1) is 0 Å². The van der Waals surface area contributed by atoms with Gasteiger partial charge >= 0.3 is 0 Å². The second-order valence-electron chi connectivity index (χ2n) is 5.23. The molecule has 1 heterocycles. The largest absolute Gasteiger partial charge is 0.506 e. The molecule has 0 spiro atoms. The van der Waals surface area contributed by atoms with Gasteiger partial charge in [0.15, 0.2) is 0 Å². The molecule has 2 aromatic carbocycles. The zero-order chi connectivity index (χ0) is 18.1. The Labute approximate surface area is 164 Å². The first kappa shape index (κ1) is 18.2. The summed E-state index contributed by atoms with van der Waals surface area (Å²) in [5.74, 6) is -0.720. The smallest absolute Gasteiger partial charge is 0.293 e. The summed E-state index contributed by atoms with van der Waals surface area (Å²) in [7, 11) is 0. The monoisotopic (exact) mass is 485 g/mol. The number of hydrogen-bond acceptors (Lipinski definition) is 4. The molecule has 0 saturated carbocycles. The highest BCUT2D eigenvalue weighted by molar-refractivity contribution is 9.11. The van der Waals surface area contributed by atoms with Gasteiger partial charge < -0.3 is 5.11 Å². The first-order valence-electron chi connectivity index (χ1n) is 7.03. The van der Waals surface area contributed by atoms with E-state index in [1.54, 1.807) is 18.2 Å². The summed E-state index contributed by atoms with van der Waals surface area (Å²) >= 11 is 7.30. The van der Waals surface area contributed by atoms with Crippen LogP contribution in [0.2, 0.25) is 0 Å². The van der Waals surface area contributed by atoms with Crippen molar-refractivity contribution in [3.05, 3.63) is 67.2 Å². The molecule has 8 heteroatoms. The second-order valence-corrected chi connectivity index (χ2v) is 7.93. The molecule has 25 heavy (non-hydrogen) atoms. The number of nitrogens with zero attached hydrogens (tertiary/aromatic N) is 1. The number of halogens is 3. The van der Waals surface area contributed by atoms with Crippen LogP contribution in [0.1, 0.15) is 11.1 Å². The number of thioether (sulfide) groups is 1. The minimum absolute atomic E-state index is 0.0570. The summed E-state index contributed by atoms with van der Waals surface area (Å²) in [5.41, 5.74) is 1.32. The number of benzene rings is 2. The van der Waals surface area contributed by atoms with Crippen molar-refractivity contribution in [2.75, 3.05) is 0 Å². The summed E-state index contributed by atoms with van der Waals surface area (Å²) in [6, 6.07) is 8.94. The Morgan fingerprint density at radius 3 is 2.32 bits per heavy atom. The number of phenolic OH excluding ortho intramolecular Hbond substituents is 1. The van der Waals surface area contributed by atoms with Crippen molar-refractivity contribution in [1.82, 2.24) is 4.90 Å². The Kier molecular flexibility index (Phi) is 5.31. The third-order valence-corrected chi connectivity index (χ3v) is 5.58. The molecule has 0 aromatic heterocycles. The van der Waals surface area contributed by atoms with Gasteiger partial charge in [0.05, 0.1) is 20.4 Å². The molecule has 1 aliphatic heterocycles. The summed E-state index contributed by atoms with van der Waals surface area (Å²) in [4.78, 5) is 26.0. The van der Waals surface area contributed by atoms with Crippen molar-refractivity contribution in [1.29, 1.82) is 0 Å². The van der Waals surface area contributed by atoms with Crippen LogP contribution in [0.15, 0.2) is 50.2 Å². The van der Waals surface area contributed by atoms with Gasteiger partial charge in [0.2, 0.25) is 0 Å². The van der Waals surface area contributed by atoms with E-state index in [9.17, 15) is 19.1 Å². The Bertz CT molecular complexity index is 876. The third kappa shape index (κ3) is 3.96. The van der Waals surface area contributed by atoms with E-state index in [1.165, 1.54) is 24.3 Å². The summed E-state index contributed by atoms with van der Waals surface area (Å²) < 4.78 is 13.9. The molecule has 1 N–H and O–H groups in total. The summed E-state index contributed by atoms with van der Waals surface area (Å²) in [6.07, 6.45) is 1.59. The van der Waals surface area contributed by atoms with Crippen LogP contribution >= 0.6 is 43.6 Å². The van der Waals surface area contributed by atoms with Crippen LogP contribution in [-0.2, 0) is 11.3 Å². The maximum absolute atomic E-state index is 13.0. The summed E-state index contributed by atoms with van der Waals surface area (Å²) in [5, 5.41) is 9.36. The molecule has 1 aliphatic rings. The minimum Gasteiger partial charge on any atom is -0.506 e. The molecule has 2 amide bonds. The van der Waals surface area contributed by atoms with Crippen molar-refractivity contribution in [2.24, 2.45) is 0 Å². The van der Waals surface area contributed by atoms with E-state index in [2.05, 4.69) is 31.9 Å². The Morgan fingerprint density at radius 2 is 1.72 bits per heavy atom. The number of imide groups is 1. The molecular formula is C17H10Br2FNO3S. The SMILES string of the molecule is O=C1S/C(=C/c2cc(Br)c(O)c(Br)c2)C(=O)N1Cc1ccc(F)cc1. The minimum atomic E-state index is -0.403. The van der Waals surface area contributed by atoms with Crippen molar-refractivity contribution >= 4 is 60.8 Å². The van der Waals surface area contributed by atoms with Crippen LogP contribution in [0.3, 0.4) is 0 Å². The Morgan fingerprint density at radius 1 is 1.12 bits per heavy atom. The van der Waals surface area contributed by atoms with Crippen LogP contribution in [0.4, 0.5) is 9.18 Å². The summed E-state index contributed by atoms with van der Waals surface area (Å²) in [6.45, 7) is 0.0885. The number of phenols is 1. The maximum atomic E-state index is 13.0. The van der Waals surface area contributed by atoms with E-state index >= 15 is 0 Å². The van der Waals surface area contributed by atoms with Crippen LogP contribution in [0.5, 0.6) is 5.75 Å². The average molecular weight is 487 g/mol. The van der Waals surface area contributed by atoms with Gasteiger partial charge in [0, 0.05) is 0 Å². The standard InChI is InChI=1S/C17H10Br2FNO3S/c18-12-5-10(6-13(19)15(12)22)7-14-16(23)21(17(24)25-14)8-9-1-3-11(20)4-2-9/h1-7,22H,8H2/b14-7+. The lowest BCUT2D eigenvalue weighted by molar-refractivity contribution is -0.123. The van der Waals surface area contributed by atoms with Gasteiger partial charge in [-0.3, -0.25) is 14.5 Å². The van der Waals surface area contributed by atoms with Crippen LogP contribution in [0.25, 0.3) is 6.08 Å². The van der Waals surface area contributed by atoms with Gasteiger partial charge in [0.1, 0.15) is 11.6 Å². The normalized spacial score (nSPS) is 16.1. The van der Waals surface area contributed by atoms with E-state index in [-0.39, 0.29) is 28.3 Å². The zero-order valence-corrected chi connectivity index (χ0v) is 16.5. The Balaban J connectivity index is 1.84. The van der Waals surface area contributed by atoms with Crippen LogP contribution in [-0.4, -0.2) is 21.2 Å². The molecule has 1 saturated heterocycles. The molecule has 0 bridgehead atoms. The highest BCUT2D eigenvalue weighted by Crippen LogP contribution is 2.37. The number of carbonyl (C=O) groups is 2. The van der Waals surface area contributed by atoms with E-state index < -0.39 is 5.91 Å². The molecule has 4 nitrogen and oxygen atoms in total. The fraction of sp³-hybridized carbons (Fsp3) is 0.0588. The van der Waals surface area contributed by atoms with E-state index in [1.807, 2.05) is 0 Å². The fourth-order valence-corrected chi connectivity index (χ4v) is 4.29. The number of carbonyl (C=O) groups excluding carboxylic acids is 2. The average Bonchev–Trinajstić information content (AvgIpc) is 2.82. The number of rotatable bonds is 3. The van der Waals surface area contributed by atoms with Crippen LogP contribution in [0, 0.1) is 5.82 Å². The quantitative estimate of drug-likeness (QED) is 0.598.